The molecule has 0 fully saturated rings. The molecule has 0 aromatic heterocycles. The van der Waals surface area contributed by atoms with Crippen molar-refractivity contribution in [2.75, 3.05) is 0 Å². The van der Waals surface area contributed by atoms with E-state index in [9.17, 15) is 4.79 Å². The minimum Gasteiger partial charge on any atom is -0.346 e. The van der Waals surface area contributed by atoms with Crippen molar-refractivity contribution in [1.29, 1.82) is 5.26 Å². The molecule has 0 bridgehead atoms. The van der Waals surface area contributed by atoms with Crippen LogP contribution in [-0.2, 0) is 0 Å². The molecule has 94 valence electrons. The van der Waals surface area contributed by atoms with Crippen LogP contribution < -0.4 is 5.32 Å². The topological polar surface area (TPSA) is 52.9 Å². The van der Waals surface area contributed by atoms with Gasteiger partial charge in [-0.05, 0) is 30.7 Å². The van der Waals surface area contributed by atoms with Crippen LogP contribution in [-0.4, -0.2) is 5.91 Å². The lowest BCUT2D eigenvalue weighted by atomic mass is 10.1. The van der Waals surface area contributed by atoms with Gasteiger partial charge >= 0.3 is 0 Å². The summed E-state index contributed by atoms with van der Waals surface area (Å²) >= 11 is 0. The van der Waals surface area contributed by atoms with Gasteiger partial charge in [-0.3, -0.25) is 4.79 Å². The van der Waals surface area contributed by atoms with E-state index in [1.807, 2.05) is 43.3 Å². The van der Waals surface area contributed by atoms with Gasteiger partial charge in [0.1, 0.15) is 0 Å². The molecular weight excluding hydrogens is 236 g/mol. The molecule has 2 aromatic carbocycles. The maximum atomic E-state index is 12.1. The van der Waals surface area contributed by atoms with Crippen LogP contribution >= 0.6 is 0 Å². The highest BCUT2D eigenvalue weighted by atomic mass is 16.1. The van der Waals surface area contributed by atoms with Crippen molar-refractivity contribution >= 4 is 5.91 Å². The fourth-order valence-corrected chi connectivity index (χ4v) is 1.84. The van der Waals surface area contributed by atoms with Gasteiger partial charge in [0.2, 0.25) is 0 Å². The first-order valence-corrected chi connectivity index (χ1v) is 6.06. The molecule has 3 heteroatoms. The fourth-order valence-electron chi connectivity index (χ4n) is 1.84. The van der Waals surface area contributed by atoms with Crippen LogP contribution in [0, 0.1) is 11.3 Å². The number of hydrogen-bond acceptors (Lipinski definition) is 2. The third kappa shape index (κ3) is 3.20. The van der Waals surface area contributed by atoms with Crippen molar-refractivity contribution in [2.24, 2.45) is 0 Å². The second kappa shape index (κ2) is 5.83. The number of hydrogen-bond donors (Lipinski definition) is 1. The standard InChI is InChI=1S/C16H14N2O/c1-12(14-7-3-2-4-8-14)18-16(19)15-9-5-6-13(10-15)11-17/h2-10,12H,1H3,(H,18,19)/t12-/m1/s1. The minimum absolute atomic E-state index is 0.0700. The maximum Gasteiger partial charge on any atom is 0.251 e. The van der Waals surface area contributed by atoms with E-state index in [1.54, 1.807) is 24.3 Å². The Morgan fingerprint density at radius 2 is 1.89 bits per heavy atom. The largest absolute Gasteiger partial charge is 0.346 e. The molecule has 0 heterocycles. The molecule has 2 rings (SSSR count). The molecule has 1 N–H and O–H groups in total. The number of benzene rings is 2. The predicted molar refractivity (Wildman–Crippen MR) is 73.5 cm³/mol. The molecule has 0 radical (unpaired) electrons. The molecule has 0 saturated heterocycles. The van der Waals surface area contributed by atoms with Gasteiger partial charge in [0.25, 0.3) is 5.91 Å². The monoisotopic (exact) mass is 250 g/mol. The van der Waals surface area contributed by atoms with Gasteiger partial charge in [0, 0.05) is 5.56 Å². The number of nitrogens with one attached hydrogen (secondary N) is 1. The van der Waals surface area contributed by atoms with Crippen molar-refractivity contribution in [3.63, 3.8) is 0 Å². The summed E-state index contributed by atoms with van der Waals surface area (Å²) in [5.74, 6) is -0.173. The Morgan fingerprint density at radius 3 is 2.58 bits per heavy atom. The zero-order valence-corrected chi connectivity index (χ0v) is 10.6. The summed E-state index contributed by atoms with van der Waals surface area (Å²) in [7, 11) is 0. The highest BCUT2D eigenvalue weighted by molar-refractivity contribution is 5.94. The average molecular weight is 250 g/mol. The first-order chi connectivity index (χ1) is 9.20. The van der Waals surface area contributed by atoms with Crippen molar-refractivity contribution in [3.8, 4) is 6.07 Å². The highest BCUT2D eigenvalue weighted by Crippen LogP contribution is 2.12. The summed E-state index contributed by atoms with van der Waals surface area (Å²) in [6.07, 6.45) is 0. The summed E-state index contributed by atoms with van der Waals surface area (Å²) in [6, 6.07) is 18.4. The van der Waals surface area contributed by atoms with E-state index in [0.717, 1.165) is 5.56 Å². The third-order valence-electron chi connectivity index (χ3n) is 2.90. The van der Waals surface area contributed by atoms with Crippen molar-refractivity contribution < 1.29 is 4.79 Å². The van der Waals surface area contributed by atoms with Crippen LogP contribution in [0.3, 0.4) is 0 Å². The average Bonchev–Trinajstić information content (AvgIpc) is 2.48. The van der Waals surface area contributed by atoms with E-state index >= 15 is 0 Å². The summed E-state index contributed by atoms with van der Waals surface area (Å²) in [6.45, 7) is 1.93. The normalized spacial score (nSPS) is 11.4. The summed E-state index contributed by atoms with van der Waals surface area (Å²) in [5.41, 5.74) is 2.04. The van der Waals surface area contributed by atoms with E-state index in [-0.39, 0.29) is 11.9 Å². The number of rotatable bonds is 3. The van der Waals surface area contributed by atoms with Gasteiger partial charge in [-0.1, -0.05) is 36.4 Å². The smallest absolute Gasteiger partial charge is 0.251 e. The molecule has 0 unspecified atom stereocenters. The quantitative estimate of drug-likeness (QED) is 0.910. The summed E-state index contributed by atoms with van der Waals surface area (Å²) in [4.78, 5) is 12.1. The molecule has 0 saturated carbocycles. The number of nitriles is 1. The van der Waals surface area contributed by atoms with Crippen molar-refractivity contribution in [2.45, 2.75) is 13.0 Å². The fraction of sp³-hybridized carbons (Fsp3) is 0.125. The Morgan fingerprint density at radius 1 is 1.16 bits per heavy atom. The minimum atomic E-state index is -0.173. The van der Waals surface area contributed by atoms with Crippen LogP contribution in [0.1, 0.15) is 34.5 Å². The van der Waals surface area contributed by atoms with Gasteiger partial charge in [-0.15, -0.1) is 0 Å². The zero-order chi connectivity index (χ0) is 13.7. The molecule has 2 aromatic rings. The number of carbonyl (C=O) groups excluding carboxylic acids is 1. The van der Waals surface area contributed by atoms with Gasteiger partial charge in [-0.25, -0.2) is 0 Å². The molecule has 0 aliphatic heterocycles. The Bertz CT molecular complexity index is 614. The summed E-state index contributed by atoms with van der Waals surface area (Å²) in [5, 5.41) is 11.7. The second-order valence-electron chi connectivity index (χ2n) is 4.30. The van der Waals surface area contributed by atoms with Crippen LogP contribution in [0.2, 0.25) is 0 Å². The van der Waals surface area contributed by atoms with E-state index in [1.165, 1.54) is 0 Å². The van der Waals surface area contributed by atoms with Crippen LogP contribution in [0.15, 0.2) is 54.6 Å². The number of amides is 1. The molecule has 0 aliphatic carbocycles. The Labute approximate surface area is 112 Å². The van der Waals surface area contributed by atoms with Crippen molar-refractivity contribution in [1.82, 2.24) is 5.32 Å². The predicted octanol–water partition coefficient (Wildman–Crippen LogP) is 3.05. The van der Waals surface area contributed by atoms with Crippen LogP contribution in [0.5, 0.6) is 0 Å². The molecule has 0 aliphatic rings. The Kier molecular flexibility index (Phi) is 3.94. The maximum absolute atomic E-state index is 12.1. The lowest BCUT2D eigenvalue weighted by Gasteiger charge is -2.14. The van der Waals surface area contributed by atoms with Crippen molar-refractivity contribution in [3.05, 3.63) is 71.3 Å². The zero-order valence-electron chi connectivity index (χ0n) is 10.6. The first-order valence-electron chi connectivity index (χ1n) is 6.06. The lowest BCUT2D eigenvalue weighted by Crippen LogP contribution is -2.26. The summed E-state index contributed by atoms with van der Waals surface area (Å²) < 4.78 is 0. The number of carbonyl (C=O) groups is 1. The molecule has 1 amide bonds. The molecule has 3 nitrogen and oxygen atoms in total. The van der Waals surface area contributed by atoms with E-state index in [4.69, 9.17) is 5.26 Å². The van der Waals surface area contributed by atoms with Gasteiger partial charge < -0.3 is 5.32 Å². The third-order valence-corrected chi connectivity index (χ3v) is 2.90. The molecule has 0 spiro atoms. The number of nitrogens with zero attached hydrogens (tertiary/aromatic N) is 1. The first kappa shape index (κ1) is 12.8. The Hall–Kier alpha value is -2.60. The lowest BCUT2D eigenvalue weighted by molar-refractivity contribution is 0.0940. The van der Waals surface area contributed by atoms with Crippen LogP contribution in [0.4, 0.5) is 0 Å². The van der Waals surface area contributed by atoms with Gasteiger partial charge in [0.05, 0.1) is 17.7 Å². The molecular formula is C16H14N2O. The highest BCUT2D eigenvalue weighted by Gasteiger charge is 2.11. The van der Waals surface area contributed by atoms with E-state index < -0.39 is 0 Å². The molecule has 1 atom stereocenters. The molecule has 19 heavy (non-hydrogen) atoms. The van der Waals surface area contributed by atoms with Gasteiger partial charge in [0.15, 0.2) is 0 Å². The Balaban J connectivity index is 2.11. The van der Waals surface area contributed by atoms with E-state index in [2.05, 4.69) is 5.32 Å². The van der Waals surface area contributed by atoms with Gasteiger partial charge in [-0.2, -0.15) is 5.26 Å². The van der Waals surface area contributed by atoms with Crippen LogP contribution in [0.25, 0.3) is 0 Å². The SMILES string of the molecule is C[C@@H](NC(=O)c1cccc(C#N)c1)c1ccccc1. The second-order valence-corrected chi connectivity index (χ2v) is 4.30. The van der Waals surface area contributed by atoms with E-state index in [0.29, 0.717) is 11.1 Å².